The highest BCUT2D eigenvalue weighted by atomic mass is 16.5. The molecule has 0 spiro atoms. The molecule has 0 heterocycles. The largest absolute Gasteiger partial charge is 0.393 e. The van der Waals surface area contributed by atoms with E-state index in [2.05, 4.69) is 20.8 Å². The number of aliphatic hydroxyl groups is 2. The first-order valence-electron chi connectivity index (χ1n) is 13.4. The molecular formula is C27H49BO3. The summed E-state index contributed by atoms with van der Waals surface area (Å²) in [7, 11) is 7.93. The Bertz CT molecular complexity index is 537. The molecule has 3 rings (SSSR count). The van der Waals surface area contributed by atoms with E-state index in [0.717, 1.165) is 31.6 Å². The minimum absolute atomic E-state index is 0.229. The Morgan fingerprint density at radius 3 is 1.94 bits per heavy atom. The number of ether oxygens (including phenoxy) is 1. The minimum Gasteiger partial charge on any atom is -0.393 e. The van der Waals surface area contributed by atoms with Crippen molar-refractivity contribution >= 4 is 7.85 Å². The molecule has 178 valence electrons. The van der Waals surface area contributed by atoms with Gasteiger partial charge in [0.1, 0.15) is 0 Å². The highest BCUT2D eigenvalue weighted by molar-refractivity contribution is 6.08. The maximum absolute atomic E-state index is 10.9. The standard InChI is InChI=1S/C27H49BO3/c1-5-27(15-20-9-7-6-8-10-20,23-11-18(2)25(29)21(13-23)16-28)24-12-19(3)26(30)22(14-24)17-31-4/h18-26,29-30H,5-17H2,1-4H3/t18-,19?,21?,22?,23?,24-,25?,26?,27?/m0/s1. The Hall–Kier alpha value is -0.0551. The molecule has 3 nitrogen and oxygen atoms in total. The Morgan fingerprint density at radius 1 is 0.871 bits per heavy atom. The first-order chi connectivity index (χ1) is 14.9. The van der Waals surface area contributed by atoms with Gasteiger partial charge in [0.2, 0.25) is 0 Å². The van der Waals surface area contributed by atoms with Gasteiger partial charge in [0.25, 0.3) is 0 Å². The second-order valence-electron chi connectivity index (χ2n) is 11.8. The molecule has 9 atom stereocenters. The topological polar surface area (TPSA) is 49.7 Å². The van der Waals surface area contributed by atoms with Gasteiger partial charge in [-0.1, -0.05) is 59.2 Å². The van der Waals surface area contributed by atoms with Crippen LogP contribution < -0.4 is 0 Å². The summed E-state index contributed by atoms with van der Waals surface area (Å²) < 4.78 is 5.55. The molecule has 3 aliphatic carbocycles. The molecule has 0 saturated heterocycles. The van der Waals surface area contributed by atoms with Crippen molar-refractivity contribution < 1.29 is 14.9 Å². The molecule has 4 heteroatoms. The van der Waals surface area contributed by atoms with Crippen LogP contribution in [-0.4, -0.2) is 44.0 Å². The van der Waals surface area contributed by atoms with E-state index < -0.39 is 0 Å². The molecule has 31 heavy (non-hydrogen) atoms. The fourth-order valence-corrected chi connectivity index (χ4v) is 8.18. The molecule has 0 aromatic heterocycles. The summed E-state index contributed by atoms with van der Waals surface area (Å²) >= 11 is 0. The second-order valence-corrected chi connectivity index (χ2v) is 11.8. The van der Waals surface area contributed by atoms with E-state index in [1.807, 2.05) is 0 Å². The number of methoxy groups -OCH3 is 1. The van der Waals surface area contributed by atoms with Crippen molar-refractivity contribution in [1.29, 1.82) is 0 Å². The van der Waals surface area contributed by atoms with Gasteiger partial charge >= 0.3 is 0 Å². The van der Waals surface area contributed by atoms with Crippen molar-refractivity contribution in [1.82, 2.24) is 0 Å². The van der Waals surface area contributed by atoms with E-state index in [4.69, 9.17) is 12.6 Å². The van der Waals surface area contributed by atoms with Crippen molar-refractivity contribution in [3.63, 3.8) is 0 Å². The summed E-state index contributed by atoms with van der Waals surface area (Å²) in [5, 5.41) is 21.7. The maximum Gasteiger partial charge on any atom is 0.0658 e. The van der Waals surface area contributed by atoms with Gasteiger partial charge in [0, 0.05) is 13.0 Å². The van der Waals surface area contributed by atoms with Gasteiger partial charge in [-0.05, 0) is 79.4 Å². The van der Waals surface area contributed by atoms with Crippen molar-refractivity contribution in [2.45, 2.75) is 110 Å². The Kier molecular flexibility index (Phi) is 9.39. The van der Waals surface area contributed by atoms with Gasteiger partial charge in [-0.25, -0.2) is 0 Å². The first kappa shape index (κ1) is 25.6. The SMILES string of the molecule is [B]CC1CC(C(CC)(CC2CCCCC2)[C@H]2CC(C)C(O)C(COC)C2)C[C@H](C)C1O. The maximum atomic E-state index is 10.9. The number of aliphatic hydroxyl groups excluding tert-OH is 2. The molecule has 0 bridgehead atoms. The molecule has 0 aromatic carbocycles. The summed E-state index contributed by atoms with van der Waals surface area (Å²) in [6, 6.07) is 0. The Morgan fingerprint density at radius 2 is 1.42 bits per heavy atom. The van der Waals surface area contributed by atoms with Gasteiger partial charge in [0.05, 0.1) is 26.7 Å². The molecule has 3 aliphatic rings. The van der Waals surface area contributed by atoms with Crippen LogP contribution in [0.15, 0.2) is 0 Å². The molecule has 2 N–H and O–H groups in total. The van der Waals surface area contributed by atoms with Gasteiger partial charge in [0.15, 0.2) is 0 Å². The van der Waals surface area contributed by atoms with E-state index in [9.17, 15) is 10.2 Å². The van der Waals surface area contributed by atoms with Crippen LogP contribution in [0.2, 0.25) is 6.32 Å². The summed E-state index contributed by atoms with van der Waals surface area (Å²) in [5.41, 5.74) is 0.296. The lowest BCUT2D eigenvalue weighted by molar-refractivity contribution is -0.105. The highest BCUT2D eigenvalue weighted by Crippen LogP contribution is 2.58. The molecule has 2 radical (unpaired) electrons. The van der Waals surface area contributed by atoms with Crippen molar-refractivity contribution in [2.24, 2.45) is 46.8 Å². The molecule has 0 aromatic rings. The second kappa shape index (κ2) is 11.4. The molecule has 3 saturated carbocycles. The average Bonchev–Trinajstić information content (AvgIpc) is 2.77. The fourth-order valence-electron chi connectivity index (χ4n) is 8.18. The highest BCUT2D eigenvalue weighted by Gasteiger charge is 2.51. The third kappa shape index (κ3) is 5.54. The van der Waals surface area contributed by atoms with E-state index in [1.54, 1.807) is 7.11 Å². The Balaban J connectivity index is 1.92. The molecule has 3 fully saturated rings. The molecule has 0 aliphatic heterocycles. The van der Waals surface area contributed by atoms with Crippen molar-refractivity contribution in [3.05, 3.63) is 0 Å². The van der Waals surface area contributed by atoms with Crippen LogP contribution in [0, 0.1) is 46.8 Å². The lowest BCUT2D eigenvalue weighted by Gasteiger charge is -2.56. The number of rotatable bonds is 8. The van der Waals surface area contributed by atoms with Crippen LogP contribution >= 0.6 is 0 Å². The van der Waals surface area contributed by atoms with Crippen LogP contribution in [0.25, 0.3) is 0 Å². The van der Waals surface area contributed by atoms with Crippen LogP contribution in [0.4, 0.5) is 0 Å². The summed E-state index contributed by atoms with van der Waals surface area (Å²) in [6.07, 6.45) is 14.0. The van der Waals surface area contributed by atoms with E-state index in [0.29, 0.717) is 42.0 Å². The van der Waals surface area contributed by atoms with Gasteiger partial charge < -0.3 is 14.9 Å². The number of hydrogen-bond acceptors (Lipinski definition) is 3. The Labute approximate surface area is 193 Å². The van der Waals surface area contributed by atoms with Gasteiger partial charge in [-0.3, -0.25) is 0 Å². The van der Waals surface area contributed by atoms with Crippen molar-refractivity contribution in [2.75, 3.05) is 13.7 Å². The smallest absolute Gasteiger partial charge is 0.0658 e. The average molecular weight is 432 g/mol. The normalized spacial score (nSPS) is 42.3. The van der Waals surface area contributed by atoms with Gasteiger partial charge in [-0.2, -0.15) is 0 Å². The van der Waals surface area contributed by atoms with Crippen LogP contribution in [0.1, 0.15) is 91.4 Å². The zero-order chi connectivity index (χ0) is 22.6. The van der Waals surface area contributed by atoms with E-state index in [1.165, 1.54) is 44.9 Å². The van der Waals surface area contributed by atoms with Crippen LogP contribution in [0.3, 0.4) is 0 Å². The zero-order valence-electron chi connectivity index (χ0n) is 20.8. The predicted octanol–water partition coefficient (Wildman–Crippen LogP) is 5.63. The van der Waals surface area contributed by atoms with Crippen LogP contribution in [0.5, 0.6) is 0 Å². The van der Waals surface area contributed by atoms with E-state index in [-0.39, 0.29) is 24.0 Å². The van der Waals surface area contributed by atoms with Crippen LogP contribution in [-0.2, 0) is 4.74 Å². The summed E-state index contributed by atoms with van der Waals surface area (Å²) in [5.74, 6) is 3.22. The lowest BCUT2D eigenvalue weighted by atomic mass is 9.50. The first-order valence-corrected chi connectivity index (χ1v) is 13.4. The lowest BCUT2D eigenvalue weighted by Crippen LogP contribution is -2.50. The minimum atomic E-state index is -0.251. The number of hydrogen-bond donors (Lipinski definition) is 2. The zero-order valence-corrected chi connectivity index (χ0v) is 20.8. The summed E-state index contributed by atoms with van der Waals surface area (Å²) in [4.78, 5) is 0. The van der Waals surface area contributed by atoms with Gasteiger partial charge in [-0.15, -0.1) is 0 Å². The van der Waals surface area contributed by atoms with Crippen molar-refractivity contribution in [3.8, 4) is 0 Å². The molecule has 7 unspecified atom stereocenters. The summed E-state index contributed by atoms with van der Waals surface area (Å²) in [6.45, 7) is 7.57. The fraction of sp³-hybridized carbons (Fsp3) is 1.00. The quantitative estimate of drug-likeness (QED) is 0.489. The van der Waals surface area contributed by atoms with E-state index >= 15 is 0 Å². The third-order valence-corrected chi connectivity index (χ3v) is 9.98. The third-order valence-electron chi connectivity index (χ3n) is 9.98. The monoisotopic (exact) mass is 432 g/mol. The molecule has 0 amide bonds. The molecular weight excluding hydrogens is 383 g/mol. The predicted molar refractivity (Wildman–Crippen MR) is 129 cm³/mol.